The largest absolute Gasteiger partial charge is 0.300 e. The van der Waals surface area contributed by atoms with Gasteiger partial charge in [0.1, 0.15) is 5.78 Å². The zero-order valence-electron chi connectivity index (χ0n) is 6.46. The Labute approximate surface area is 65.6 Å². The van der Waals surface area contributed by atoms with E-state index in [1.165, 1.54) is 6.92 Å². The number of carbonyl (C=O) groups is 2. The molecule has 0 fully saturated rings. The van der Waals surface area contributed by atoms with Crippen LogP contribution in [0.4, 0.5) is 0 Å². The molecule has 2 heteroatoms. The molecule has 11 heavy (non-hydrogen) atoms. The summed E-state index contributed by atoms with van der Waals surface area (Å²) in [7, 11) is 0. The van der Waals surface area contributed by atoms with Crippen molar-refractivity contribution in [3.05, 3.63) is 23.8 Å². The Kier molecular flexibility index (Phi) is 2.36. The van der Waals surface area contributed by atoms with Crippen LogP contribution in [0.3, 0.4) is 0 Å². The van der Waals surface area contributed by atoms with E-state index in [9.17, 15) is 9.59 Å². The normalized spacial score (nSPS) is 19.7. The van der Waals surface area contributed by atoms with Crippen LogP contribution in [0.5, 0.6) is 0 Å². The van der Waals surface area contributed by atoms with E-state index >= 15 is 0 Å². The zero-order valence-corrected chi connectivity index (χ0v) is 6.46. The van der Waals surface area contributed by atoms with Gasteiger partial charge in [0, 0.05) is 12.8 Å². The number of rotatable bonds is 2. The molecule has 0 saturated carbocycles. The molecule has 2 nitrogen and oxygen atoms in total. The summed E-state index contributed by atoms with van der Waals surface area (Å²) in [5, 5.41) is 0. The summed E-state index contributed by atoms with van der Waals surface area (Å²) in [6.45, 7) is 1.54. The SMILES string of the molecule is CC(=O)C/C=C1/C=CC(=O)C1. The quantitative estimate of drug-likeness (QED) is 0.596. The molecule has 1 aliphatic rings. The van der Waals surface area contributed by atoms with Gasteiger partial charge in [-0.3, -0.25) is 9.59 Å². The second-order valence-corrected chi connectivity index (χ2v) is 2.66. The predicted molar refractivity (Wildman–Crippen MR) is 42.1 cm³/mol. The molecule has 0 aromatic carbocycles. The van der Waals surface area contributed by atoms with E-state index in [1.807, 2.05) is 6.08 Å². The highest BCUT2D eigenvalue weighted by molar-refractivity contribution is 5.95. The lowest BCUT2D eigenvalue weighted by Crippen LogP contribution is -1.88. The van der Waals surface area contributed by atoms with Gasteiger partial charge in [-0.05, 0) is 18.6 Å². The van der Waals surface area contributed by atoms with Crippen molar-refractivity contribution < 1.29 is 9.59 Å². The average Bonchev–Trinajstić information content (AvgIpc) is 2.31. The van der Waals surface area contributed by atoms with Crippen molar-refractivity contribution in [1.82, 2.24) is 0 Å². The van der Waals surface area contributed by atoms with E-state index in [0.29, 0.717) is 12.8 Å². The average molecular weight is 150 g/mol. The van der Waals surface area contributed by atoms with Crippen molar-refractivity contribution in [3.8, 4) is 0 Å². The number of hydrogen-bond acceptors (Lipinski definition) is 2. The predicted octanol–water partition coefficient (Wildman–Crippen LogP) is 1.42. The summed E-state index contributed by atoms with van der Waals surface area (Å²) in [6.07, 6.45) is 6.03. The second kappa shape index (κ2) is 3.28. The van der Waals surface area contributed by atoms with Crippen molar-refractivity contribution in [2.45, 2.75) is 19.8 Å². The van der Waals surface area contributed by atoms with Gasteiger partial charge in [-0.25, -0.2) is 0 Å². The minimum Gasteiger partial charge on any atom is -0.300 e. The molecule has 0 spiro atoms. The van der Waals surface area contributed by atoms with Crippen molar-refractivity contribution >= 4 is 11.6 Å². The molecule has 1 aliphatic carbocycles. The summed E-state index contributed by atoms with van der Waals surface area (Å²) in [5.41, 5.74) is 0.963. The van der Waals surface area contributed by atoms with Crippen LogP contribution < -0.4 is 0 Å². The van der Waals surface area contributed by atoms with Crippen LogP contribution in [-0.2, 0) is 9.59 Å². The van der Waals surface area contributed by atoms with Gasteiger partial charge in [0.2, 0.25) is 0 Å². The third-order valence-electron chi connectivity index (χ3n) is 1.51. The standard InChI is InChI=1S/C9H10O2/c1-7(10)2-3-8-4-5-9(11)6-8/h3-5H,2,6H2,1H3/b8-3-. The number of Topliss-reactive ketones (excluding diaryl/α,β-unsaturated/α-hetero) is 1. The molecule has 0 aromatic rings. The number of carbonyl (C=O) groups excluding carboxylic acids is 2. The molecule has 0 aromatic heterocycles. The summed E-state index contributed by atoms with van der Waals surface area (Å²) in [4.78, 5) is 21.2. The van der Waals surface area contributed by atoms with Crippen molar-refractivity contribution in [2.24, 2.45) is 0 Å². The smallest absolute Gasteiger partial charge is 0.160 e. The molecule has 0 aliphatic heterocycles. The third kappa shape index (κ3) is 2.50. The van der Waals surface area contributed by atoms with Crippen LogP contribution in [0.1, 0.15) is 19.8 Å². The summed E-state index contributed by atoms with van der Waals surface area (Å²) >= 11 is 0. The topological polar surface area (TPSA) is 34.1 Å². The Morgan fingerprint density at radius 3 is 2.82 bits per heavy atom. The van der Waals surface area contributed by atoms with E-state index < -0.39 is 0 Å². The Hall–Kier alpha value is -1.18. The first-order valence-electron chi connectivity index (χ1n) is 3.58. The van der Waals surface area contributed by atoms with Crippen LogP contribution in [0.2, 0.25) is 0 Å². The Morgan fingerprint density at radius 1 is 1.64 bits per heavy atom. The summed E-state index contributed by atoms with van der Waals surface area (Å²) < 4.78 is 0. The van der Waals surface area contributed by atoms with Crippen LogP contribution >= 0.6 is 0 Å². The fourth-order valence-electron chi connectivity index (χ4n) is 0.934. The molecule has 1 rings (SSSR count). The Balaban J connectivity index is 2.50. The highest BCUT2D eigenvalue weighted by atomic mass is 16.1. The highest BCUT2D eigenvalue weighted by Gasteiger charge is 2.07. The maximum absolute atomic E-state index is 10.7. The second-order valence-electron chi connectivity index (χ2n) is 2.66. The fraction of sp³-hybridized carbons (Fsp3) is 0.333. The lowest BCUT2D eigenvalue weighted by Gasteiger charge is -1.89. The molecule has 0 N–H and O–H groups in total. The molecule has 0 radical (unpaired) electrons. The molecule has 0 bridgehead atoms. The molecule has 0 saturated heterocycles. The molecule has 0 amide bonds. The molecular weight excluding hydrogens is 140 g/mol. The molecule has 0 atom stereocenters. The van der Waals surface area contributed by atoms with Crippen molar-refractivity contribution in [1.29, 1.82) is 0 Å². The van der Waals surface area contributed by atoms with E-state index in [0.717, 1.165) is 5.57 Å². The van der Waals surface area contributed by atoms with Crippen LogP contribution in [-0.4, -0.2) is 11.6 Å². The Morgan fingerprint density at radius 2 is 2.36 bits per heavy atom. The van der Waals surface area contributed by atoms with Gasteiger partial charge in [-0.15, -0.1) is 0 Å². The molecule has 0 unspecified atom stereocenters. The molecule has 0 heterocycles. The zero-order chi connectivity index (χ0) is 8.27. The number of allylic oxidation sites excluding steroid dienone is 4. The lowest BCUT2D eigenvalue weighted by atomic mass is 10.2. The summed E-state index contributed by atoms with van der Waals surface area (Å²) in [6, 6.07) is 0. The maximum Gasteiger partial charge on any atom is 0.160 e. The van der Waals surface area contributed by atoms with Crippen molar-refractivity contribution in [3.63, 3.8) is 0 Å². The van der Waals surface area contributed by atoms with Gasteiger partial charge in [0.15, 0.2) is 5.78 Å². The van der Waals surface area contributed by atoms with Gasteiger partial charge in [0.25, 0.3) is 0 Å². The van der Waals surface area contributed by atoms with Crippen LogP contribution in [0.15, 0.2) is 23.8 Å². The Bertz CT molecular complexity index is 246. The van der Waals surface area contributed by atoms with E-state index in [2.05, 4.69) is 0 Å². The first-order valence-corrected chi connectivity index (χ1v) is 3.58. The third-order valence-corrected chi connectivity index (χ3v) is 1.51. The lowest BCUT2D eigenvalue weighted by molar-refractivity contribution is -0.116. The van der Waals surface area contributed by atoms with Gasteiger partial charge >= 0.3 is 0 Å². The minimum atomic E-state index is 0.125. The monoisotopic (exact) mass is 150 g/mol. The number of hydrogen-bond donors (Lipinski definition) is 0. The van der Waals surface area contributed by atoms with Gasteiger partial charge in [-0.1, -0.05) is 12.2 Å². The van der Waals surface area contributed by atoms with E-state index in [1.54, 1.807) is 12.2 Å². The highest BCUT2D eigenvalue weighted by Crippen LogP contribution is 2.13. The van der Waals surface area contributed by atoms with Gasteiger partial charge in [-0.2, -0.15) is 0 Å². The summed E-state index contributed by atoms with van der Waals surface area (Å²) in [5.74, 6) is 0.255. The first-order chi connectivity index (χ1) is 5.18. The minimum absolute atomic E-state index is 0.125. The number of ketones is 2. The van der Waals surface area contributed by atoms with Crippen LogP contribution in [0.25, 0.3) is 0 Å². The maximum atomic E-state index is 10.7. The van der Waals surface area contributed by atoms with Crippen molar-refractivity contribution in [2.75, 3.05) is 0 Å². The molecule has 58 valence electrons. The first kappa shape index (κ1) is 7.92. The van der Waals surface area contributed by atoms with E-state index in [4.69, 9.17) is 0 Å². The van der Waals surface area contributed by atoms with Gasteiger partial charge < -0.3 is 0 Å². The fourth-order valence-corrected chi connectivity index (χ4v) is 0.934. The molecular formula is C9H10O2. The van der Waals surface area contributed by atoms with E-state index in [-0.39, 0.29) is 11.6 Å². The van der Waals surface area contributed by atoms with Crippen LogP contribution in [0, 0.1) is 0 Å². The van der Waals surface area contributed by atoms with Gasteiger partial charge in [0.05, 0.1) is 0 Å².